The van der Waals surface area contributed by atoms with Crippen LogP contribution in [0.25, 0.3) is 0 Å². The van der Waals surface area contributed by atoms with Crippen molar-refractivity contribution in [2.24, 2.45) is 0 Å². The van der Waals surface area contributed by atoms with Crippen molar-refractivity contribution in [1.29, 1.82) is 0 Å². The van der Waals surface area contributed by atoms with Gasteiger partial charge in [-0.15, -0.1) is 0 Å². The first-order valence-corrected chi connectivity index (χ1v) is 8.91. The molecule has 2 N–H and O–H groups in total. The Morgan fingerprint density at radius 1 is 0.750 bits per heavy atom. The molecule has 0 fully saturated rings. The largest absolute Gasteiger partial charge is 0.495 e. The number of carbonyl (C=O) groups is 2. The summed E-state index contributed by atoms with van der Waals surface area (Å²) < 4.78 is 5.27. The van der Waals surface area contributed by atoms with Crippen LogP contribution in [0.5, 0.6) is 5.75 Å². The number of hydrogen-bond donors (Lipinski definition) is 2. The molecule has 0 aliphatic rings. The van der Waals surface area contributed by atoms with E-state index in [-0.39, 0.29) is 11.8 Å². The van der Waals surface area contributed by atoms with E-state index in [2.05, 4.69) is 10.6 Å². The third kappa shape index (κ3) is 4.38. The number of ether oxygens (including phenoxy) is 1. The van der Waals surface area contributed by atoms with Crippen LogP contribution in [-0.4, -0.2) is 18.9 Å². The molecular weight excluding hydrogens is 352 g/mol. The van der Waals surface area contributed by atoms with Gasteiger partial charge in [0, 0.05) is 5.56 Å². The van der Waals surface area contributed by atoms with Crippen LogP contribution in [-0.2, 0) is 0 Å². The van der Waals surface area contributed by atoms with E-state index in [1.165, 1.54) is 0 Å². The normalized spacial score (nSPS) is 10.2. The Bertz CT molecular complexity index is 1010. The zero-order chi connectivity index (χ0) is 20.1. The Balaban J connectivity index is 1.84. The zero-order valence-electron chi connectivity index (χ0n) is 16.1. The van der Waals surface area contributed by atoms with E-state index in [1.807, 2.05) is 44.2 Å². The number of benzene rings is 3. The lowest BCUT2D eigenvalue weighted by Gasteiger charge is -2.13. The van der Waals surface area contributed by atoms with Crippen molar-refractivity contribution < 1.29 is 14.3 Å². The zero-order valence-corrected chi connectivity index (χ0v) is 16.1. The molecule has 0 aliphatic carbocycles. The lowest BCUT2D eigenvalue weighted by atomic mass is 10.1. The Kier molecular flexibility index (Phi) is 5.75. The summed E-state index contributed by atoms with van der Waals surface area (Å²) in [7, 11) is 1.54. The minimum Gasteiger partial charge on any atom is -0.495 e. The second-order valence-electron chi connectivity index (χ2n) is 6.53. The monoisotopic (exact) mass is 374 g/mol. The molecule has 5 nitrogen and oxygen atoms in total. The molecule has 0 atom stereocenters. The summed E-state index contributed by atoms with van der Waals surface area (Å²) in [4.78, 5) is 25.5. The average Bonchev–Trinajstić information content (AvgIpc) is 2.68. The Labute approximate surface area is 164 Å². The van der Waals surface area contributed by atoms with Crippen LogP contribution in [0.4, 0.5) is 11.4 Å². The van der Waals surface area contributed by atoms with Gasteiger partial charge in [0.05, 0.1) is 24.0 Å². The molecule has 0 saturated carbocycles. The van der Waals surface area contributed by atoms with Gasteiger partial charge in [-0.05, 0) is 50.2 Å². The molecule has 0 aliphatic heterocycles. The number of hydrogen-bond acceptors (Lipinski definition) is 3. The molecule has 3 aromatic carbocycles. The molecular formula is C23H22N2O3. The molecule has 5 heteroatoms. The maximum absolute atomic E-state index is 12.8. The Hall–Kier alpha value is -3.60. The molecule has 0 radical (unpaired) electrons. The molecule has 142 valence electrons. The van der Waals surface area contributed by atoms with Gasteiger partial charge in [0.25, 0.3) is 11.8 Å². The van der Waals surface area contributed by atoms with Gasteiger partial charge in [0.15, 0.2) is 0 Å². The lowest BCUT2D eigenvalue weighted by Crippen LogP contribution is -2.18. The van der Waals surface area contributed by atoms with Gasteiger partial charge in [-0.3, -0.25) is 9.59 Å². The first-order valence-electron chi connectivity index (χ1n) is 8.91. The first-order chi connectivity index (χ1) is 13.5. The summed E-state index contributed by atoms with van der Waals surface area (Å²) in [5.41, 5.74) is 3.94. The van der Waals surface area contributed by atoms with E-state index in [1.54, 1.807) is 43.5 Å². The van der Waals surface area contributed by atoms with Gasteiger partial charge < -0.3 is 15.4 Å². The van der Waals surface area contributed by atoms with Crippen molar-refractivity contribution >= 4 is 23.2 Å². The molecule has 3 aromatic rings. The van der Waals surface area contributed by atoms with Crippen molar-refractivity contribution in [2.45, 2.75) is 13.8 Å². The smallest absolute Gasteiger partial charge is 0.257 e. The standard InChI is InChI=1S/C23H22N2O3/c1-15-12-16(2)14-17(13-15)22(26)24-19-9-5-4-8-18(19)23(27)25-20-10-6-7-11-21(20)28-3/h4-14H,1-3H3,(H,24,26)(H,25,27). The van der Waals surface area contributed by atoms with Gasteiger partial charge in [0.1, 0.15) is 5.75 Å². The predicted molar refractivity (Wildman–Crippen MR) is 111 cm³/mol. The molecule has 0 saturated heterocycles. The molecule has 3 rings (SSSR count). The van der Waals surface area contributed by atoms with Crippen LogP contribution in [0.1, 0.15) is 31.8 Å². The maximum atomic E-state index is 12.8. The summed E-state index contributed by atoms with van der Waals surface area (Å²) in [6.07, 6.45) is 0. The molecule has 2 amide bonds. The number of aryl methyl sites for hydroxylation is 2. The van der Waals surface area contributed by atoms with Gasteiger partial charge in [-0.25, -0.2) is 0 Å². The minimum absolute atomic E-state index is 0.260. The number of nitrogens with one attached hydrogen (secondary N) is 2. The number of methoxy groups -OCH3 is 1. The third-order valence-corrected chi connectivity index (χ3v) is 4.26. The highest BCUT2D eigenvalue weighted by molar-refractivity contribution is 6.12. The summed E-state index contributed by atoms with van der Waals surface area (Å²) in [5.74, 6) is -0.0298. The fraction of sp³-hybridized carbons (Fsp3) is 0.130. The second-order valence-corrected chi connectivity index (χ2v) is 6.53. The van der Waals surface area contributed by atoms with E-state index in [4.69, 9.17) is 4.74 Å². The molecule has 0 unspecified atom stereocenters. The Morgan fingerprint density at radius 2 is 1.32 bits per heavy atom. The van der Waals surface area contributed by atoms with E-state index < -0.39 is 0 Å². The summed E-state index contributed by atoms with van der Waals surface area (Å²) in [6, 6.07) is 19.7. The number of anilines is 2. The van der Waals surface area contributed by atoms with Crippen molar-refractivity contribution in [3.63, 3.8) is 0 Å². The molecule has 28 heavy (non-hydrogen) atoms. The molecule has 0 bridgehead atoms. The van der Waals surface area contributed by atoms with Gasteiger partial charge in [0.2, 0.25) is 0 Å². The quantitative estimate of drug-likeness (QED) is 0.673. The van der Waals surface area contributed by atoms with E-state index in [0.29, 0.717) is 28.3 Å². The Morgan fingerprint density at radius 3 is 2.00 bits per heavy atom. The average molecular weight is 374 g/mol. The van der Waals surface area contributed by atoms with Crippen LogP contribution in [0, 0.1) is 13.8 Å². The fourth-order valence-corrected chi connectivity index (χ4v) is 3.03. The highest BCUT2D eigenvalue weighted by atomic mass is 16.5. The highest BCUT2D eigenvalue weighted by Gasteiger charge is 2.16. The predicted octanol–water partition coefficient (Wildman–Crippen LogP) is 4.82. The van der Waals surface area contributed by atoms with Gasteiger partial charge in [-0.1, -0.05) is 41.5 Å². The summed E-state index contributed by atoms with van der Waals surface area (Å²) in [5, 5.41) is 5.68. The number of para-hydroxylation sites is 3. The van der Waals surface area contributed by atoms with Crippen LogP contribution in [0.3, 0.4) is 0 Å². The number of rotatable bonds is 5. The SMILES string of the molecule is COc1ccccc1NC(=O)c1ccccc1NC(=O)c1cc(C)cc(C)c1. The highest BCUT2D eigenvalue weighted by Crippen LogP contribution is 2.25. The molecule has 0 heterocycles. The van der Waals surface area contributed by atoms with Crippen LogP contribution < -0.4 is 15.4 Å². The number of carbonyl (C=O) groups excluding carboxylic acids is 2. The summed E-state index contributed by atoms with van der Waals surface area (Å²) in [6.45, 7) is 3.89. The maximum Gasteiger partial charge on any atom is 0.257 e. The van der Waals surface area contributed by atoms with Crippen molar-refractivity contribution in [2.75, 3.05) is 17.7 Å². The second kappa shape index (κ2) is 8.39. The number of amides is 2. The molecule has 0 spiro atoms. The van der Waals surface area contributed by atoms with Gasteiger partial charge in [-0.2, -0.15) is 0 Å². The topological polar surface area (TPSA) is 67.4 Å². The van der Waals surface area contributed by atoms with Crippen LogP contribution in [0.2, 0.25) is 0 Å². The third-order valence-electron chi connectivity index (χ3n) is 4.26. The summed E-state index contributed by atoms with van der Waals surface area (Å²) >= 11 is 0. The van der Waals surface area contributed by atoms with Crippen molar-refractivity contribution in [3.05, 3.63) is 89.0 Å². The van der Waals surface area contributed by atoms with Crippen LogP contribution >= 0.6 is 0 Å². The van der Waals surface area contributed by atoms with Gasteiger partial charge >= 0.3 is 0 Å². The molecule has 0 aromatic heterocycles. The first kappa shape index (κ1) is 19.2. The van der Waals surface area contributed by atoms with E-state index in [0.717, 1.165) is 11.1 Å². The lowest BCUT2D eigenvalue weighted by molar-refractivity contribution is 0.102. The van der Waals surface area contributed by atoms with Crippen molar-refractivity contribution in [3.8, 4) is 5.75 Å². The van der Waals surface area contributed by atoms with Crippen LogP contribution in [0.15, 0.2) is 66.7 Å². The van der Waals surface area contributed by atoms with E-state index in [9.17, 15) is 9.59 Å². The van der Waals surface area contributed by atoms with Crippen molar-refractivity contribution in [1.82, 2.24) is 0 Å². The fourth-order valence-electron chi connectivity index (χ4n) is 3.03. The minimum atomic E-state index is -0.333. The van der Waals surface area contributed by atoms with E-state index >= 15 is 0 Å².